The Labute approximate surface area is 210 Å². The highest BCUT2D eigenvalue weighted by Crippen LogP contribution is 2.30. The van der Waals surface area contributed by atoms with Crippen molar-refractivity contribution < 1.29 is 19.4 Å². The number of carbonyl (C=O) groups is 1. The second kappa shape index (κ2) is 11.8. The standard InChI is InChI=1S/C30H28N2O4/c1-2-35-28-20-24(18-19-27(28)36-22-23-12-6-3-7-13-23)21-31-32-29(33)30(34,25-14-8-4-9-15-25)26-16-10-5-11-17-26/h3-21,34H,2,22H2,1H3,(H,32,33)/b31-21-. The molecule has 4 aromatic carbocycles. The molecule has 1 amide bonds. The third-order valence-electron chi connectivity index (χ3n) is 5.60. The Morgan fingerprint density at radius 3 is 2.00 bits per heavy atom. The van der Waals surface area contributed by atoms with Gasteiger partial charge < -0.3 is 14.6 Å². The summed E-state index contributed by atoms with van der Waals surface area (Å²) < 4.78 is 11.7. The van der Waals surface area contributed by atoms with Crippen LogP contribution in [0.15, 0.2) is 114 Å². The zero-order chi connectivity index (χ0) is 25.2. The molecule has 4 rings (SSSR count). The monoisotopic (exact) mass is 480 g/mol. The second-order valence-electron chi connectivity index (χ2n) is 8.06. The topological polar surface area (TPSA) is 80.2 Å². The van der Waals surface area contributed by atoms with Crippen LogP contribution in [0.3, 0.4) is 0 Å². The number of aliphatic hydroxyl groups is 1. The number of amides is 1. The fourth-order valence-corrected chi connectivity index (χ4v) is 3.76. The summed E-state index contributed by atoms with van der Waals surface area (Å²) in [5, 5.41) is 15.6. The number of ether oxygens (including phenoxy) is 2. The van der Waals surface area contributed by atoms with Crippen molar-refractivity contribution in [1.29, 1.82) is 0 Å². The van der Waals surface area contributed by atoms with E-state index in [1.165, 1.54) is 6.21 Å². The quantitative estimate of drug-likeness (QED) is 0.246. The van der Waals surface area contributed by atoms with E-state index in [0.29, 0.717) is 41.4 Å². The van der Waals surface area contributed by atoms with Gasteiger partial charge in [-0.15, -0.1) is 0 Å². The van der Waals surface area contributed by atoms with Crippen LogP contribution >= 0.6 is 0 Å². The minimum Gasteiger partial charge on any atom is -0.490 e. The van der Waals surface area contributed by atoms with E-state index in [9.17, 15) is 9.90 Å². The molecule has 0 fully saturated rings. The fourth-order valence-electron chi connectivity index (χ4n) is 3.76. The van der Waals surface area contributed by atoms with Crippen molar-refractivity contribution >= 4 is 12.1 Å². The lowest BCUT2D eigenvalue weighted by molar-refractivity contribution is -0.136. The lowest BCUT2D eigenvalue weighted by Crippen LogP contribution is -2.43. The zero-order valence-electron chi connectivity index (χ0n) is 20.0. The van der Waals surface area contributed by atoms with Crippen molar-refractivity contribution in [3.8, 4) is 11.5 Å². The van der Waals surface area contributed by atoms with Gasteiger partial charge in [-0.05, 0) is 47.4 Å². The molecular weight excluding hydrogens is 452 g/mol. The molecule has 0 atom stereocenters. The van der Waals surface area contributed by atoms with Crippen molar-refractivity contribution in [2.24, 2.45) is 5.10 Å². The smallest absolute Gasteiger partial charge is 0.281 e. The Hall–Kier alpha value is -4.42. The first-order valence-corrected chi connectivity index (χ1v) is 11.7. The van der Waals surface area contributed by atoms with Gasteiger partial charge in [-0.2, -0.15) is 5.10 Å². The van der Waals surface area contributed by atoms with Crippen LogP contribution in [0.1, 0.15) is 29.2 Å². The van der Waals surface area contributed by atoms with E-state index >= 15 is 0 Å². The Kier molecular flexibility index (Phi) is 8.11. The lowest BCUT2D eigenvalue weighted by atomic mass is 9.85. The Morgan fingerprint density at radius 1 is 0.833 bits per heavy atom. The van der Waals surface area contributed by atoms with Crippen LogP contribution < -0.4 is 14.9 Å². The van der Waals surface area contributed by atoms with Gasteiger partial charge in [0.25, 0.3) is 5.91 Å². The highest BCUT2D eigenvalue weighted by molar-refractivity contribution is 5.91. The van der Waals surface area contributed by atoms with Gasteiger partial charge in [-0.3, -0.25) is 4.79 Å². The largest absolute Gasteiger partial charge is 0.490 e. The van der Waals surface area contributed by atoms with Crippen LogP contribution in [-0.2, 0) is 17.0 Å². The molecule has 36 heavy (non-hydrogen) atoms. The Balaban J connectivity index is 1.50. The number of nitrogens with zero attached hydrogens (tertiary/aromatic N) is 1. The average Bonchev–Trinajstić information content (AvgIpc) is 2.94. The van der Waals surface area contributed by atoms with Crippen molar-refractivity contribution in [2.45, 2.75) is 19.1 Å². The molecule has 6 nitrogen and oxygen atoms in total. The molecule has 6 heteroatoms. The first-order valence-electron chi connectivity index (χ1n) is 11.7. The number of carbonyl (C=O) groups excluding carboxylic acids is 1. The van der Waals surface area contributed by atoms with Crippen molar-refractivity contribution in [3.05, 3.63) is 131 Å². The molecule has 0 unspecified atom stereocenters. The first-order chi connectivity index (χ1) is 17.6. The first kappa shape index (κ1) is 24.7. The Morgan fingerprint density at radius 2 is 1.42 bits per heavy atom. The van der Waals surface area contributed by atoms with E-state index in [-0.39, 0.29) is 0 Å². The van der Waals surface area contributed by atoms with Crippen LogP contribution in [0.5, 0.6) is 11.5 Å². The van der Waals surface area contributed by atoms with Gasteiger partial charge >= 0.3 is 0 Å². The van der Waals surface area contributed by atoms with E-state index in [0.717, 1.165) is 5.56 Å². The lowest BCUT2D eigenvalue weighted by Gasteiger charge is -2.27. The molecule has 2 N–H and O–H groups in total. The molecule has 0 saturated heterocycles. The van der Waals surface area contributed by atoms with Gasteiger partial charge in [-0.1, -0.05) is 91.0 Å². The molecule has 0 aliphatic heterocycles. The van der Waals surface area contributed by atoms with E-state index in [1.807, 2.05) is 55.5 Å². The minimum atomic E-state index is -1.90. The predicted octanol–water partition coefficient (Wildman–Crippen LogP) is 5.05. The van der Waals surface area contributed by atoms with Gasteiger partial charge in [0.05, 0.1) is 12.8 Å². The predicted molar refractivity (Wildman–Crippen MR) is 140 cm³/mol. The molecule has 0 spiro atoms. The molecule has 0 aliphatic carbocycles. The van der Waals surface area contributed by atoms with E-state index in [4.69, 9.17) is 9.47 Å². The summed E-state index contributed by atoms with van der Waals surface area (Å²) in [6, 6.07) is 32.9. The van der Waals surface area contributed by atoms with E-state index in [1.54, 1.807) is 60.7 Å². The normalized spacial score (nSPS) is 11.3. The SMILES string of the molecule is CCOc1cc(/C=N\NC(=O)C(O)(c2ccccc2)c2ccccc2)ccc1OCc1ccccc1. The third kappa shape index (κ3) is 5.79. The van der Waals surface area contributed by atoms with Gasteiger partial charge in [-0.25, -0.2) is 5.43 Å². The van der Waals surface area contributed by atoms with Crippen molar-refractivity contribution in [1.82, 2.24) is 5.43 Å². The van der Waals surface area contributed by atoms with E-state index in [2.05, 4.69) is 10.5 Å². The number of hydrogen-bond donors (Lipinski definition) is 2. The van der Waals surface area contributed by atoms with Gasteiger partial charge in [0.1, 0.15) is 6.61 Å². The Bertz CT molecular complexity index is 1250. The van der Waals surface area contributed by atoms with Crippen LogP contribution in [0.25, 0.3) is 0 Å². The average molecular weight is 481 g/mol. The second-order valence-corrected chi connectivity index (χ2v) is 8.06. The number of hydrogen-bond acceptors (Lipinski definition) is 5. The maximum Gasteiger partial charge on any atom is 0.281 e. The maximum absolute atomic E-state index is 13.2. The summed E-state index contributed by atoms with van der Waals surface area (Å²) in [6.07, 6.45) is 1.50. The van der Waals surface area contributed by atoms with Gasteiger partial charge in [0.2, 0.25) is 0 Å². The molecule has 0 radical (unpaired) electrons. The van der Waals surface area contributed by atoms with Crippen LogP contribution in [0.2, 0.25) is 0 Å². The fraction of sp³-hybridized carbons (Fsp3) is 0.133. The minimum absolute atomic E-state index is 0.419. The third-order valence-corrected chi connectivity index (χ3v) is 5.60. The van der Waals surface area contributed by atoms with Crippen LogP contribution in [0.4, 0.5) is 0 Å². The molecule has 182 valence electrons. The van der Waals surface area contributed by atoms with Crippen molar-refractivity contribution in [3.63, 3.8) is 0 Å². The molecule has 4 aromatic rings. The molecule has 0 aromatic heterocycles. The zero-order valence-corrected chi connectivity index (χ0v) is 20.0. The molecule has 0 aliphatic rings. The molecule has 0 saturated carbocycles. The molecular formula is C30H28N2O4. The van der Waals surface area contributed by atoms with Gasteiger partial charge in [0.15, 0.2) is 17.1 Å². The maximum atomic E-state index is 13.2. The van der Waals surface area contributed by atoms with Gasteiger partial charge in [0, 0.05) is 0 Å². The number of nitrogens with one attached hydrogen (secondary N) is 1. The van der Waals surface area contributed by atoms with Crippen LogP contribution in [0, 0.1) is 0 Å². The van der Waals surface area contributed by atoms with Crippen LogP contribution in [-0.4, -0.2) is 23.8 Å². The number of rotatable bonds is 10. The molecule has 0 heterocycles. The number of hydrazone groups is 1. The van der Waals surface area contributed by atoms with E-state index < -0.39 is 11.5 Å². The summed E-state index contributed by atoms with van der Waals surface area (Å²) in [5.41, 5.74) is 3.24. The summed E-state index contributed by atoms with van der Waals surface area (Å²) in [4.78, 5) is 13.2. The highest BCUT2D eigenvalue weighted by atomic mass is 16.5. The highest BCUT2D eigenvalue weighted by Gasteiger charge is 2.39. The molecule has 0 bridgehead atoms. The summed E-state index contributed by atoms with van der Waals surface area (Å²) in [5.74, 6) is 0.530. The summed E-state index contributed by atoms with van der Waals surface area (Å²) in [7, 11) is 0. The van der Waals surface area contributed by atoms with Crippen molar-refractivity contribution in [2.75, 3.05) is 6.61 Å². The summed E-state index contributed by atoms with van der Waals surface area (Å²) >= 11 is 0. The number of benzene rings is 4. The summed E-state index contributed by atoms with van der Waals surface area (Å²) in [6.45, 7) is 2.79.